The van der Waals surface area contributed by atoms with Crippen molar-refractivity contribution in [2.24, 2.45) is 0 Å². The second-order valence-corrected chi connectivity index (χ2v) is 4.09. The average Bonchev–Trinajstić information content (AvgIpc) is 2.39. The molecule has 0 aromatic heterocycles. The van der Waals surface area contributed by atoms with Crippen molar-refractivity contribution in [2.75, 3.05) is 6.54 Å². The van der Waals surface area contributed by atoms with Crippen molar-refractivity contribution in [2.45, 2.75) is 32.3 Å². The van der Waals surface area contributed by atoms with E-state index < -0.39 is 11.0 Å². The molecule has 0 saturated heterocycles. The third kappa shape index (κ3) is 4.43. The number of nitrogens with zero attached hydrogens (tertiary/aromatic N) is 1. The quantitative estimate of drug-likeness (QED) is 0.422. The number of aliphatic hydroxyl groups is 1. The van der Waals surface area contributed by atoms with Gasteiger partial charge < -0.3 is 5.11 Å². The van der Waals surface area contributed by atoms with Crippen LogP contribution in [0, 0.1) is 16.3 Å². The van der Waals surface area contributed by atoms with Crippen LogP contribution in [-0.2, 0) is 0 Å². The standard InChI is InChI=1S/C13H19N2O3/c1-2-3-7-10-14-13(15(17)18)12(16)11-8-5-4-6-9-11/h4-6,8-9,12,14,16H,2-3,7,10H2,1H3. The molecule has 1 radical (unpaired) electrons. The molecule has 0 spiro atoms. The summed E-state index contributed by atoms with van der Waals surface area (Å²) in [6, 6.07) is 8.63. The smallest absolute Gasteiger partial charge is 0.379 e. The van der Waals surface area contributed by atoms with E-state index in [1.165, 1.54) is 0 Å². The van der Waals surface area contributed by atoms with Crippen molar-refractivity contribution in [3.63, 3.8) is 0 Å². The molecule has 0 saturated carbocycles. The molecule has 0 aliphatic rings. The first-order valence-electron chi connectivity index (χ1n) is 6.15. The monoisotopic (exact) mass is 251 g/mol. The molecule has 1 aromatic rings. The van der Waals surface area contributed by atoms with E-state index in [0.29, 0.717) is 12.1 Å². The summed E-state index contributed by atoms with van der Waals surface area (Å²) in [4.78, 5) is 10.4. The van der Waals surface area contributed by atoms with Crippen LogP contribution in [0.3, 0.4) is 0 Å². The van der Waals surface area contributed by atoms with E-state index >= 15 is 0 Å². The van der Waals surface area contributed by atoms with E-state index in [-0.39, 0.29) is 6.17 Å². The van der Waals surface area contributed by atoms with E-state index in [4.69, 9.17) is 0 Å². The first-order chi connectivity index (χ1) is 8.66. The summed E-state index contributed by atoms with van der Waals surface area (Å²) in [5.74, 6) is 0. The topological polar surface area (TPSA) is 75.4 Å². The average molecular weight is 251 g/mol. The van der Waals surface area contributed by atoms with Crippen LogP contribution in [-0.4, -0.2) is 16.6 Å². The fourth-order valence-electron chi connectivity index (χ4n) is 1.65. The highest BCUT2D eigenvalue weighted by molar-refractivity contribution is 5.20. The molecule has 1 atom stereocenters. The molecule has 0 aliphatic heterocycles. The van der Waals surface area contributed by atoms with Crippen molar-refractivity contribution in [3.8, 4) is 0 Å². The Bertz CT molecular complexity index is 357. The second-order valence-electron chi connectivity index (χ2n) is 4.09. The minimum atomic E-state index is -1.21. The Balaban J connectivity index is 2.59. The Morgan fingerprint density at radius 2 is 2.06 bits per heavy atom. The van der Waals surface area contributed by atoms with E-state index in [2.05, 4.69) is 12.2 Å². The minimum absolute atomic E-state index is 0.252. The van der Waals surface area contributed by atoms with Crippen LogP contribution >= 0.6 is 0 Å². The van der Waals surface area contributed by atoms with Crippen molar-refractivity contribution in [1.29, 1.82) is 0 Å². The maximum atomic E-state index is 10.9. The minimum Gasteiger partial charge on any atom is -0.379 e. The molecule has 0 aliphatic carbocycles. The molecule has 0 bridgehead atoms. The zero-order chi connectivity index (χ0) is 13.4. The van der Waals surface area contributed by atoms with Gasteiger partial charge in [0.05, 0.1) is 4.92 Å². The van der Waals surface area contributed by atoms with Crippen LogP contribution in [0.4, 0.5) is 0 Å². The van der Waals surface area contributed by atoms with Gasteiger partial charge in [-0.3, -0.25) is 10.1 Å². The zero-order valence-electron chi connectivity index (χ0n) is 10.5. The molecule has 1 aromatic carbocycles. The normalized spacial score (nSPS) is 12.6. The Morgan fingerprint density at radius 1 is 1.39 bits per heavy atom. The van der Waals surface area contributed by atoms with Gasteiger partial charge in [-0.2, -0.15) is 0 Å². The number of benzene rings is 1. The van der Waals surface area contributed by atoms with Gasteiger partial charge in [-0.05, 0) is 12.0 Å². The van der Waals surface area contributed by atoms with Crippen LogP contribution in [0.15, 0.2) is 30.3 Å². The number of hydrogen-bond acceptors (Lipinski definition) is 4. The maximum absolute atomic E-state index is 10.9. The van der Waals surface area contributed by atoms with Gasteiger partial charge >= 0.3 is 6.17 Å². The van der Waals surface area contributed by atoms with Gasteiger partial charge in [0, 0.05) is 6.54 Å². The summed E-state index contributed by atoms with van der Waals surface area (Å²) in [7, 11) is 0. The molecule has 1 rings (SSSR count). The van der Waals surface area contributed by atoms with Crippen molar-refractivity contribution in [3.05, 3.63) is 52.2 Å². The lowest BCUT2D eigenvalue weighted by Gasteiger charge is -2.15. The predicted molar refractivity (Wildman–Crippen MR) is 69.2 cm³/mol. The third-order valence-electron chi connectivity index (χ3n) is 2.66. The van der Waals surface area contributed by atoms with E-state index in [9.17, 15) is 15.2 Å². The lowest BCUT2D eigenvalue weighted by atomic mass is 10.1. The molecule has 2 N–H and O–H groups in total. The largest absolute Gasteiger partial charge is 0.391 e. The van der Waals surface area contributed by atoms with E-state index in [1.54, 1.807) is 30.3 Å². The summed E-state index contributed by atoms with van der Waals surface area (Å²) in [6.07, 6.45) is 1.46. The summed E-state index contributed by atoms with van der Waals surface area (Å²) in [6.45, 7) is 2.57. The second kappa shape index (κ2) is 7.79. The third-order valence-corrected chi connectivity index (χ3v) is 2.66. The highest BCUT2D eigenvalue weighted by atomic mass is 16.6. The van der Waals surface area contributed by atoms with E-state index in [0.717, 1.165) is 19.3 Å². The lowest BCUT2D eigenvalue weighted by Crippen LogP contribution is -2.34. The van der Waals surface area contributed by atoms with Gasteiger partial charge in [0.1, 0.15) is 0 Å². The number of unbranched alkanes of at least 4 members (excludes halogenated alkanes) is 2. The van der Waals surface area contributed by atoms with Crippen LogP contribution < -0.4 is 5.32 Å². The number of nitrogens with one attached hydrogen (secondary N) is 1. The molecule has 0 amide bonds. The van der Waals surface area contributed by atoms with Crippen LogP contribution in [0.2, 0.25) is 0 Å². The number of aliphatic hydroxyl groups excluding tert-OH is 1. The van der Waals surface area contributed by atoms with Crippen LogP contribution in [0.1, 0.15) is 37.9 Å². The SMILES string of the molecule is CCCCCN[C](C(O)c1ccccc1)[N+](=O)[O-]. The van der Waals surface area contributed by atoms with Crippen molar-refractivity contribution in [1.82, 2.24) is 5.32 Å². The first-order valence-corrected chi connectivity index (χ1v) is 6.15. The molecule has 0 fully saturated rings. The molecule has 18 heavy (non-hydrogen) atoms. The highest BCUT2D eigenvalue weighted by Crippen LogP contribution is 2.21. The maximum Gasteiger partial charge on any atom is 0.391 e. The van der Waals surface area contributed by atoms with Gasteiger partial charge in [0.15, 0.2) is 6.10 Å². The summed E-state index contributed by atoms with van der Waals surface area (Å²) in [5.41, 5.74) is 0.521. The molecular formula is C13H19N2O3. The molecule has 5 heteroatoms. The van der Waals surface area contributed by atoms with Gasteiger partial charge in [-0.15, -0.1) is 0 Å². The molecule has 99 valence electrons. The fraction of sp³-hybridized carbons (Fsp3) is 0.462. The van der Waals surface area contributed by atoms with Crippen molar-refractivity contribution >= 4 is 0 Å². The Morgan fingerprint density at radius 3 is 2.61 bits per heavy atom. The zero-order valence-corrected chi connectivity index (χ0v) is 10.5. The van der Waals surface area contributed by atoms with Crippen molar-refractivity contribution < 1.29 is 10.0 Å². The lowest BCUT2D eigenvalue weighted by molar-refractivity contribution is -0.485. The van der Waals surface area contributed by atoms with Crippen LogP contribution in [0.5, 0.6) is 0 Å². The van der Waals surface area contributed by atoms with Gasteiger partial charge in [-0.1, -0.05) is 50.1 Å². The van der Waals surface area contributed by atoms with Gasteiger partial charge in [-0.25, -0.2) is 5.32 Å². The fourth-order valence-corrected chi connectivity index (χ4v) is 1.65. The highest BCUT2D eigenvalue weighted by Gasteiger charge is 2.33. The first kappa shape index (κ1) is 14.6. The molecule has 5 nitrogen and oxygen atoms in total. The van der Waals surface area contributed by atoms with Gasteiger partial charge in [0.25, 0.3) is 0 Å². The van der Waals surface area contributed by atoms with E-state index in [1.807, 2.05) is 0 Å². The Kier molecular flexibility index (Phi) is 6.32. The number of hydrogen-bond donors (Lipinski definition) is 2. The molecule has 0 heterocycles. The van der Waals surface area contributed by atoms with Crippen LogP contribution in [0.25, 0.3) is 0 Å². The molecular weight excluding hydrogens is 232 g/mol. The number of nitro groups is 1. The Hall–Kier alpha value is -1.46. The Labute approximate surface area is 107 Å². The summed E-state index contributed by atoms with van der Waals surface area (Å²) >= 11 is 0. The number of rotatable bonds is 8. The molecule has 1 unspecified atom stereocenters. The predicted octanol–water partition coefficient (Wildman–Crippen LogP) is 2.27. The summed E-state index contributed by atoms with van der Waals surface area (Å²) in [5, 5.41) is 23.6. The van der Waals surface area contributed by atoms with Gasteiger partial charge in [0.2, 0.25) is 0 Å². The summed E-state index contributed by atoms with van der Waals surface area (Å²) < 4.78 is 0.